The van der Waals surface area contributed by atoms with Crippen LogP contribution in [0.15, 0.2) is 0 Å². The molecule has 1 fully saturated rings. The number of hydrogen-bond donors (Lipinski definition) is 1. The van der Waals surface area contributed by atoms with E-state index < -0.39 is 0 Å². The molecule has 0 saturated carbocycles. The molecule has 1 rings (SSSR count). The lowest BCUT2D eigenvalue weighted by atomic mass is 10.4. The third-order valence-electron chi connectivity index (χ3n) is 1.52. The maximum atomic E-state index is 5.12. The number of piperazine rings is 1. The van der Waals surface area contributed by atoms with Crippen molar-refractivity contribution < 1.29 is 4.43 Å². The Labute approximate surface area is 58.9 Å². The smallest absolute Gasteiger partial charge is 0.147 e. The average molecular weight is 146 g/mol. The van der Waals surface area contributed by atoms with Crippen LogP contribution in [0.4, 0.5) is 0 Å². The van der Waals surface area contributed by atoms with Gasteiger partial charge in [0.15, 0.2) is 0 Å². The molecule has 1 heterocycles. The fraction of sp³-hybridized carbons (Fsp3) is 1.00. The van der Waals surface area contributed by atoms with Gasteiger partial charge in [0.2, 0.25) is 0 Å². The van der Waals surface area contributed by atoms with Crippen LogP contribution in [0.2, 0.25) is 0 Å². The Balaban J connectivity index is 2.08. The van der Waals surface area contributed by atoms with Crippen LogP contribution < -0.4 is 5.32 Å². The van der Waals surface area contributed by atoms with E-state index in [9.17, 15) is 0 Å². The third-order valence-corrected chi connectivity index (χ3v) is 1.78. The molecule has 1 N–H and O–H groups in total. The normalized spacial score (nSPS) is 22.7. The number of rotatable bonds is 2. The SMILES string of the molecule is [SiH3]OCN1CCNCC1. The van der Waals surface area contributed by atoms with E-state index >= 15 is 0 Å². The Bertz CT molecular complexity index is 72.6. The molecule has 0 aliphatic carbocycles. The van der Waals surface area contributed by atoms with Crippen molar-refractivity contribution in [3.05, 3.63) is 0 Å². The summed E-state index contributed by atoms with van der Waals surface area (Å²) in [5.74, 6) is 0. The first-order chi connectivity index (χ1) is 4.43. The molecule has 54 valence electrons. The van der Waals surface area contributed by atoms with Gasteiger partial charge in [-0.15, -0.1) is 0 Å². The molecule has 0 spiro atoms. The van der Waals surface area contributed by atoms with Crippen molar-refractivity contribution in [1.29, 1.82) is 0 Å². The summed E-state index contributed by atoms with van der Waals surface area (Å²) in [7, 11) is 0.861. The second-order valence-corrected chi connectivity index (χ2v) is 2.86. The molecule has 0 atom stereocenters. The minimum atomic E-state index is 0.841. The van der Waals surface area contributed by atoms with Crippen molar-refractivity contribution in [2.24, 2.45) is 0 Å². The first kappa shape index (κ1) is 7.21. The van der Waals surface area contributed by atoms with Crippen molar-refractivity contribution >= 4 is 10.5 Å². The highest BCUT2D eigenvalue weighted by molar-refractivity contribution is 5.97. The molecule has 3 nitrogen and oxygen atoms in total. The van der Waals surface area contributed by atoms with Crippen LogP contribution in [0.1, 0.15) is 0 Å². The second kappa shape index (κ2) is 4.00. The Morgan fingerprint density at radius 1 is 1.44 bits per heavy atom. The van der Waals surface area contributed by atoms with Crippen molar-refractivity contribution in [1.82, 2.24) is 10.2 Å². The van der Waals surface area contributed by atoms with Gasteiger partial charge in [-0.1, -0.05) is 0 Å². The summed E-state index contributed by atoms with van der Waals surface area (Å²) < 4.78 is 5.12. The van der Waals surface area contributed by atoms with Crippen LogP contribution in [0.25, 0.3) is 0 Å². The molecule has 1 aliphatic heterocycles. The fourth-order valence-electron chi connectivity index (χ4n) is 1.02. The Hall–Kier alpha value is 0.0969. The second-order valence-electron chi connectivity index (χ2n) is 2.29. The topological polar surface area (TPSA) is 24.5 Å². The van der Waals surface area contributed by atoms with Crippen LogP contribution in [0.5, 0.6) is 0 Å². The minimum Gasteiger partial charge on any atom is -0.415 e. The summed E-state index contributed by atoms with van der Waals surface area (Å²) >= 11 is 0. The van der Waals surface area contributed by atoms with E-state index in [1.807, 2.05) is 0 Å². The summed E-state index contributed by atoms with van der Waals surface area (Å²) in [6, 6.07) is 0. The van der Waals surface area contributed by atoms with E-state index in [-0.39, 0.29) is 0 Å². The standard InChI is InChI=1S/C5H14N2OSi/c9-8-5-7-3-1-6-2-4-7/h6H,1-5H2,9H3. The highest BCUT2D eigenvalue weighted by atomic mass is 28.2. The number of hydrogen-bond acceptors (Lipinski definition) is 3. The van der Waals surface area contributed by atoms with E-state index in [0.29, 0.717) is 0 Å². The highest BCUT2D eigenvalue weighted by Gasteiger charge is 2.06. The molecule has 0 unspecified atom stereocenters. The first-order valence-electron chi connectivity index (χ1n) is 3.35. The third kappa shape index (κ3) is 2.44. The Kier molecular flexibility index (Phi) is 3.20. The Morgan fingerprint density at radius 3 is 2.67 bits per heavy atom. The van der Waals surface area contributed by atoms with Gasteiger partial charge >= 0.3 is 0 Å². The lowest BCUT2D eigenvalue weighted by molar-refractivity contribution is 0.121. The molecule has 1 saturated heterocycles. The fourth-order valence-corrected chi connectivity index (χ4v) is 1.39. The molecular weight excluding hydrogens is 132 g/mol. The highest BCUT2D eigenvalue weighted by Crippen LogP contribution is 1.89. The molecule has 0 aromatic carbocycles. The zero-order valence-corrected chi connectivity index (χ0v) is 7.89. The summed E-state index contributed by atoms with van der Waals surface area (Å²) in [6.45, 7) is 5.36. The Morgan fingerprint density at radius 2 is 2.11 bits per heavy atom. The van der Waals surface area contributed by atoms with E-state index in [2.05, 4.69) is 10.2 Å². The van der Waals surface area contributed by atoms with E-state index in [0.717, 1.165) is 43.4 Å². The summed E-state index contributed by atoms with van der Waals surface area (Å²) in [5, 5.41) is 3.29. The van der Waals surface area contributed by atoms with Crippen molar-refractivity contribution in [3.8, 4) is 0 Å². The van der Waals surface area contributed by atoms with Crippen molar-refractivity contribution in [3.63, 3.8) is 0 Å². The van der Waals surface area contributed by atoms with Crippen molar-refractivity contribution in [2.75, 3.05) is 32.9 Å². The monoisotopic (exact) mass is 146 g/mol. The largest absolute Gasteiger partial charge is 0.415 e. The van der Waals surface area contributed by atoms with E-state index in [1.54, 1.807) is 0 Å². The van der Waals surface area contributed by atoms with Crippen LogP contribution >= 0.6 is 0 Å². The van der Waals surface area contributed by atoms with Crippen molar-refractivity contribution in [2.45, 2.75) is 0 Å². The minimum absolute atomic E-state index is 0.841. The van der Waals surface area contributed by atoms with Gasteiger partial charge in [-0.05, 0) is 0 Å². The first-order valence-corrected chi connectivity index (χ1v) is 4.17. The lowest BCUT2D eigenvalue weighted by Gasteiger charge is -2.26. The molecule has 0 amide bonds. The predicted octanol–water partition coefficient (Wildman–Crippen LogP) is -1.85. The maximum Gasteiger partial charge on any atom is 0.147 e. The maximum absolute atomic E-state index is 5.12. The molecule has 0 aromatic heterocycles. The zero-order chi connectivity index (χ0) is 6.53. The van der Waals surface area contributed by atoms with Gasteiger partial charge < -0.3 is 9.74 Å². The molecular formula is C5H14N2OSi. The average Bonchev–Trinajstić information content (AvgIpc) is 1.91. The van der Waals surface area contributed by atoms with Crippen LogP contribution in [-0.2, 0) is 4.43 Å². The molecule has 1 aliphatic rings. The summed E-state index contributed by atoms with van der Waals surface area (Å²) in [5.41, 5.74) is 0. The van der Waals surface area contributed by atoms with Gasteiger partial charge in [-0.3, -0.25) is 4.90 Å². The predicted molar refractivity (Wildman–Crippen MR) is 40.3 cm³/mol. The van der Waals surface area contributed by atoms with E-state index in [4.69, 9.17) is 4.43 Å². The van der Waals surface area contributed by atoms with Crippen LogP contribution in [0, 0.1) is 0 Å². The molecule has 0 bridgehead atoms. The summed E-state index contributed by atoms with van der Waals surface area (Å²) in [6.07, 6.45) is 0. The van der Waals surface area contributed by atoms with Gasteiger partial charge in [-0.25, -0.2) is 0 Å². The van der Waals surface area contributed by atoms with Gasteiger partial charge in [0.05, 0.1) is 6.73 Å². The zero-order valence-electron chi connectivity index (χ0n) is 5.89. The van der Waals surface area contributed by atoms with Gasteiger partial charge in [-0.2, -0.15) is 0 Å². The van der Waals surface area contributed by atoms with Crippen LogP contribution in [-0.4, -0.2) is 48.3 Å². The van der Waals surface area contributed by atoms with Gasteiger partial charge in [0.25, 0.3) is 0 Å². The molecule has 4 heteroatoms. The summed E-state index contributed by atoms with van der Waals surface area (Å²) in [4.78, 5) is 2.32. The number of nitrogens with zero attached hydrogens (tertiary/aromatic N) is 1. The molecule has 0 aromatic rings. The van der Waals surface area contributed by atoms with Gasteiger partial charge in [0, 0.05) is 26.2 Å². The number of nitrogens with one attached hydrogen (secondary N) is 1. The van der Waals surface area contributed by atoms with Crippen LogP contribution in [0.3, 0.4) is 0 Å². The van der Waals surface area contributed by atoms with Gasteiger partial charge in [0.1, 0.15) is 10.5 Å². The quantitative estimate of drug-likeness (QED) is 0.463. The van der Waals surface area contributed by atoms with E-state index in [1.165, 1.54) is 0 Å². The molecule has 0 radical (unpaired) electrons. The molecule has 9 heavy (non-hydrogen) atoms. The lowest BCUT2D eigenvalue weighted by Crippen LogP contribution is -2.44.